The maximum Gasteiger partial charge on any atom is 0.257 e. The number of halogens is 2. The van der Waals surface area contributed by atoms with Gasteiger partial charge in [0.1, 0.15) is 11.4 Å². The molecule has 3 aromatic rings. The van der Waals surface area contributed by atoms with E-state index in [1.807, 2.05) is 11.0 Å². The zero-order valence-corrected chi connectivity index (χ0v) is 17.7. The SMILES string of the molecule is O=C(NC1=N[C@@]2(c3ccccc3F)CN(c3ncc(F)cn3)C[C@H]2CS1)c1ccccc1. The molecular formula is C23H19F2N5OS. The Bertz CT molecular complexity index is 1170. The van der Waals surface area contributed by atoms with Gasteiger partial charge in [-0.3, -0.25) is 4.79 Å². The zero-order valence-electron chi connectivity index (χ0n) is 16.9. The van der Waals surface area contributed by atoms with E-state index in [1.165, 1.54) is 17.8 Å². The van der Waals surface area contributed by atoms with Crippen LogP contribution in [0.15, 0.2) is 72.0 Å². The number of hydrogen-bond donors (Lipinski definition) is 1. The lowest BCUT2D eigenvalue weighted by Gasteiger charge is -2.35. The molecule has 2 atom stereocenters. The lowest BCUT2D eigenvalue weighted by molar-refractivity contribution is 0.0977. The number of carbonyl (C=O) groups excluding carboxylic acids is 1. The van der Waals surface area contributed by atoms with Crippen molar-refractivity contribution in [3.05, 3.63) is 89.8 Å². The highest BCUT2D eigenvalue weighted by atomic mass is 32.2. The van der Waals surface area contributed by atoms with Gasteiger partial charge in [-0.2, -0.15) is 0 Å². The molecule has 1 aromatic heterocycles. The van der Waals surface area contributed by atoms with E-state index in [1.54, 1.807) is 42.5 Å². The number of nitrogens with one attached hydrogen (secondary N) is 1. The Morgan fingerprint density at radius 3 is 2.53 bits per heavy atom. The molecule has 0 saturated carbocycles. The fourth-order valence-electron chi connectivity index (χ4n) is 4.23. The Balaban J connectivity index is 1.52. The molecule has 0 bridgehead atoms. The third-order valence-electron chi connectivity index (χ3n) is 5.76. The van der Waals surface area contributed by atoms with Crippen molar-refractivity contribution in [2.24, 2.45) is 10.9 Å². The highest BCUT2D eigenvalue weighted by Gasteiger charge is 2.52. The average molecular weight is 452 g/mol. The zero-order chi connectivity index (χ0) is 22.1. The third kappa shape index (κ3) is 3.73. The van der Waals surface area contributed by atoms with E-state index in [-0.39, 0.29) is 17.6 Å². The summed E-state index contributed by atoms with van der Waals surface area (Å²) < 4.78 is 28.3. The summed E-state index contributed by atoms with van der Waals surface area (Å²) in [6, 6.07) is 15.4. The number of aliphatic imine (C=N–C) groups is 1. The summed E-state index contributed by atoms with van der Waals surface area (Å²) in [7, 11) is 0. The number of hydrogen-bond acceptors (Lipinski definition) is 6. The highest BCUT2D eigenvalue weighted by molar-refractivity contribution is 8.13. The molecule has 0 aliphatic carbocycles. The summed E-state index contributed by atoms with van der Waals surface area (Å²) >= 11 is 1.43. The number of anilines is 1. The maximum absolute atomic E-state index is 15.0. The first-order valence-corrected chi connectivity index (χ1v) is 11.1. The number of amidine groups is 1. The molecular weight excluding hydrogens is 432 g/mol. The predicted octanol–water partition coefficient (Wildman–Crippen LogP) is 3.62. The lowest BCUT2D eigenvalue weighted by atomic mass is 9.81. The second kappa shape index (κ2) is 8.31. The van der Waals surface area contributed by atoms with Crippen LogP contribution in [0.1, 0.15) is 15.9 Å². The van der Waals surface area contributed by atoms with Gasteiger partial charge in [0, 0.05) is 29.3 Å². The van der Waals surface area contributed by atoms with Gasteiger partial charge in [0.25, 0.3) is 5.91 Å². The molecule has 9 heteroatoms. The van der Waals surface area contributed by atoms with Crippen LogP contribution in [-0.2, 0) is 5.54 Å². The van der Waals surface area contributed by atoms with E-state index in [0.29, 0.717) is 41.1 Å². The van der Waals surface area contributed by atoms with Crippen LogP contribution in [0, 0.1) is 17.6 Å². The second-order valence-corrected chi connectivity index (χ2v) is 8.74. The smallest absolute Gasteiger partial charge is 0.257 e. The molecule has 2 aromatic carbocycles. The molecule has 0 unspecified atom stereocenters. The van der Waals surface area contributed by atoms with Gasteiger partial charge in [0.2, 0.25) is 5.95 Å². The van der Waals surface area contributed by atoms with Gasteiger partial charge >= 0.3 is 0 Å². The first kappa shape index (κ1) is 20.6. The minimum Gasteiger partial charge on any atom is -0.338 e. The Hall–Kier alpha value is -3.33. The van der Waals surface area contributed by atoms with E-state index in [9.17, 15) is 13.6 Å². The molecule has 1 fully saturated rings. The summed E-state index contributed by atoms with van der Waals surface area (Å²) in [6.07, 6.45) is 2.23. The van der Waals surface area contributed by atoms with Gasteiger partial charge in [-0.1, -0.05) is 48.2 Å². The minimum atomic E-state index is -0.923. The van der Waals surface area contributed by atoms with E-state index in [2.05, 4.69) is 15.3 Å². The van der Waals surface area contributed by atoms with E-state index < -0.39 is 11.4 Å². The van der Waals surface area contributed by atoms with E-state index in [4.69, 9.17) is 4.99 Å². The molecule has 2 aliphatic heterocycles. The van der Waals surface area contributed by atoms with Gasteiger partial charge in [0.05, 0.1) is 18.9 Å². The van der Waals surface area contributed by atoms with Crippen LogP contribution in [0.2, 0.25) is 0 Å². The molecule has 2 aliphatic rings. The Kier molecular flexibility index (Phi) is 5.34. The van der Waals surface area contributed by atoms with Crippen molar-refractivity contribution >= 4 is 28.8 Å². The van der Waals surface area contributed by atoms with Crippen LogP contribution in [0.25, 0.3) is 0 Å². The number of thioether (sulfide) groups is 1. The summed E-state index contributed by atoms with van der Waals surface area (Å²) in [5.41, 5.74) is 0.0557. The topological polar surface area (TPSA) is 70.5 Å². The molecule has 1 amide bonds. The molecule has 0 spiro atoms. The van der Waals surface area contributed by atoms with Gasteiger partial charge in [0.15, 0.2) is 11.0 Å². The molecule has 162 valence electrons. The number of carbonyl (C=O) groups is 1. The highest BCUT2D eigenvalue weighted by Crippen LogP contribution is 2.47. The van der Waals surface area contributed by atoms with Gasteiger partial charge < -0.3 is 10.2 Å². The molecule has 6 nitrogen and oxygen atoms in total. The number of benzene rings is 2. The number of rotatable bonds is 3. The van der Waals surface area contributed by atoms with Gasteiger partial charge in [-0.15, -0.1) is 0 Å². The van der Waals surface area contributed by atoms with Crippen LogP contribution >= 0.6 is 11.8 Å². The number of amides is 1. The Morgan fingerprint density at radius 2 is 1.78 bits per heavy atom. The second-order valence-electron chi connectivity index (χ2n) is 7.73. The van der Waals surface area contributed by atoms with Crippen molar-refractivity contribution in [2.45, 2.75) is 5.54 Å². The van der Waals surface area contributed by atoms with Crippen molar-refractivity contribution in [3.63, 3.8) is 0 Å². The minimum absolute atomic E-state index is 0.0459. The Labute approximate surface area is 187 Å². The fraction of sp³-hybridized carbons (Fsp3) is 0.217. The number of fused-ring (bicyclic) bond motifs is 1. The summed E-state index contributed by atoms with van der Waals surface area (Å²) in [4.78, 5) is 27.7. The van der Waals surface area contributed by atoms with Crippen LogP contribution in [0.3, 0.4) is 0 Å². The summed E-state index contributed by atoms with van der Waals surface area (Å²) in [6.45, 7) is 0.853. The predicted molar refractivity (Wildman–Crippen MR) is 120 cm³/mol. The average Bonchev–Trinajstić information content (AvgIpc) is 3.20. The summed E-state index contributed by atoms with van der Waals surface area (Å²) in [5, 5.41) is 3.32. The van der Waals surface area contributed by atoms with Crippen LogP contribution in [0.5, 0.6) is 0 Å². The Morgan fingerprint density at radius 1 is 1.06 bits per heavy atom. The van der Waals surface area contributed by atoms with Crippen molar-refractivity contribution in [1.82, 2.24) is 15.3 Å². The quantitative estimate of drug-likeness (QED) is 0.659. The van der Waals surface area contributed by atoms with E-state index in [0.717, 1.165) is 12.4 Å². The largest absolute Gasteiger partial charge is 0.338 e. The van der Waals surface area contributed by atoms with Crippen molar-refractivity contribution in [3.8, 4) is 0 Å². The van der Waals surface area contributed by atoms with Crippen LogP contribution in [-0.4, -0.2) is 39.9 Å². The first-order valence-electron chi connectivity index (χ1n) is 10.1. The van der Waals surface area contributed by atoms with Crippen LogP contribution in [0.4, 0.5) is 14.7 Å². The lowest BCUT2D eigenvalue weighted by Crippen LogP contribution is -2.43. The third-order valence-corrected chi connectivity index (χ3v) is 6.79. The number of aromatic nitrogens is 2. The molecule has 1 saturated heterocycles. The monoisotopic (exact) mass is 451 g/mol. The van der Waals surface area contributed by atoms with E-state index >= 15 is 0 Å². The molecule has 3 heterocycles. The van der Waals surface area contributed by atoms with Crippen molar-refractivity contribution in [1.29, 1.82) is 0 Å². The van der Waals surface area contributed by atoms with Crippen molar-refractivity contribution in [2.75, 3.05) is 23.7 Å². The normalized spacial score (nSPS) is 22.2. The van der Waals surface area contributed by atoms with Crippen LogP contribution < -0.4 is 10.2 Å². The van der Waals surface area contributed by atoms with Gasteiger partial charge in [-0.05, 0) is 18.2 Å². The first-order chi connectivity index (χ1) is 15.5. The molecule has 0 radical (unpaired) electrons. The molecule has 5 rings (SSSR count). The summed E-state index contributed by atoms with van der Waals surface area (Å²) in [5.74, 6) is -0.199. The maximum atomic E-state index is 15.0. The van der Waals surface area contributed by atoms with Gasteiger partial charge in [-0.25, -0.2) is 23.7 Å². The number of nitrogens with zero attached hydrogens (tertiary/aromatic N) is 4. The fourth-order valence-corrected chi connectivity index (χ4v) is 5.37. The molecule has 32 heavy (non-hydrogen) atoms. The van der Waals surface area contributed by atoms with Crippen molar-refractivity contribution < 1.29 is 13.6 Å². The molecule has 1 N–H and O–H groups in total. The standard InChI is InChI=1S/C23H19F2N5OS/c24-17-10-26-21(27-11-17)30-12-16-13-32-22(28-20(31)15-6-2-1-3-7-15)29-23(16,14-30)18-8-4-5-9-19(18)25/h1-11,16H,12-14H2,(H,28,29,31)/t16-,23-/m0/s1.